The molecule has 0 fully saturated rings. The second kappa shape index (κ2) is 8.68. The van der Waals surface area contributed by atoms with Crippen molar-refractivity contribution in [2.24, 2.45) is 0 Å². The molecule has 2 aromatic carbocycles. The minimum atomic E-state index is -0.451. The number of hydrogen-bond acceptors (Lipinski definition) is 7. The molecular weight excluding hydrogens is 428 g/mol. The second-order valence-corrected chi connectivity index (χ2v) is 8.83. The van der Waals surface area contributed by atoms with Crippen LogP contribution in [-0.2, 0) is 4.79 Å². The molecule has 3 amide bonds. The van der Waals surface area contributed by atoms with Gasteiger partial charge in [0.05, 0.1) is 22.9 Å². The van der Waals surface area contributed by atoms with Crippen LogP contribution in [0.4, 0.5) is 5.13 Å². The first-order valence-electron chi connectivity index (χ1n) is 10.2. The SMILES string of the molecule is COc1ccc(C)c2sc(N(CCN(C)C)C(=O)CN3C(=O)c4ccccc4C3=O)nc12. The molecule has 0 saturated heterocycles. The highest BCUT2D eigenvalue weighted by Crippen LogP contribution is 2.36. The van der Waals surface area contributed by atoms with E-state index in [9.17, 15) is 14.4 Å². The van der Waals surface area contributed by atoms with E-state index in [4.69, 9.17) is 4.74 Å². The van der Waals surface area contributed by atoms with Gasteiger partial charge in [0.15, 0.2) is 5.13 Å². The van der Waals surface area contributed by atoms with Crippen LogP contribution in [0.25, 0.3) is 10.2 Å². The molecule has 4 rings (SSSR count). The van der Waals surface area contributed by atoms with Crippen LogP contribution >= 0.6 is 11.3 Å². The number of aryl methyl sites for hydroxylation is 1. The van der Waals surface area contributed by atoms with Gasteiger partial charge in [0.2, 0.25) is 5.91 Å². The Bertz CT molecular complexity index is 1180. The van der Waals surface area contributed by atoms with Crippen molar-refractivity contribution in [3.63, 3.8) is 0 Å². The topological polar surface area (TPSA) is 83.0 Å². The summed E-state index contributed by atoms with van der Waals surface area (Å²) < 4.78 is 6.37. The molecule has 32 heavy (non-hydrogen) atoms. The number of anilines is 1. The molecule has 1 aromatic heterocycles. The summed E-state index contributed by atoms with van der Waals surface area (Å²) in [5.41, 5.74) is 2.37. The zero-order valence-corrected chi connectivity index (χ0v) is 19.2. The number of nitrogens with zero attached hydrogens (tertiary/aromatic N) is 4. The minimum absolute atomic E-state index is 0.325. The number of carbonyl (C=O) groups excluding carboxylic acids is 3. The first-order chi connectivity index (χ1) is 15.3. The Morgan fingerprint density at radius 1 is 1.06 bits per heavy atom. The summed E-state index contributed by atoms with van der Waals surface area (Å²) in [5.74, 6) is -0.632. The number of thiazole rings is 1. The van der Waals surface area contributed by atoms with Gasteiger partial charge in [-0.2, -0.15) is 0 Å². The van der Waals surface area contributed by atoms with E-state index in [1.807, 2.05) is 38.1 Å². The standard InChI is InChI=1S/C23H24N4O4S/c1-14-9-10-17(31-4)19-20(14)32-23(24-19)26(12-11-25(2)3)18(28)13-27-21(29)15-7-5-6-8-16(15)22(27)30/h5-10H,11-13H2,1-4H3. The van der Waals surface area contributed by atoms with Gasteiger partial charge in [-0.05, 0) is 44.8 Å². The molecule has 1 aliphatic heterocycles. The number of hydrogen-bond donors (Lipinski definition) is 0. The van der Waals surface area contributed by atoms with E-state index in [1.165, 1.54) is 11.3 Å². The molecule has 0 N–H and O–H groups in total. The van der Waals surface area contributed by atoms with Gasteiger partial charge in [0, 0.05) is 13.1 Å². The predicted octanol–water partition coefficient (Wildman–Crippen LogP) is 2.80. The number of benzene rings is 2. The normalized spacial score (nSPS) is 13.2. The van der Waals surface area contributed by atoms with Crippen molar-refractivity contribution in [1.82, 2.24) is 14.8 Å². The summed E-state index contributed by atoms with van der Waals surface area (Å²) in [4.78, 5) is 48.0. The van der Waals surface area contributed by atoms with Crippen molar-refractivity contribution in [2.45, 2.75) is 6.92 Å². The molecule has 1 aliphatic rings. The maximum absolute atomic E-state index is 13.4. The summed E-state index contributed by atoms with van der Waals surface area (Å²) >= 11 is 1.40. The Labute approximate surface area is 190 Å². The first kappa shape index (κ1) is 21.9. The highest BCUT2D eigenvalue weighted by Gasteiger charge is 2.37. The first-order valence-corrected chi connectivity index (χ1v) is 11.0. The molecule has 0 atom stereocenters. The quantitative estimate of drug-likeness (QED) is 0.513. The van der Waals surface area contributed by atoms with Gasteiger partial charge in [-0.3, -0.25) is 24.2 Å². The molecule has 0 saturated carbocycles. The molecule has 0 radical (unpaired) electrons. The molecule has 0 unspecified atom stereocenters. The zero-order chi connectivity index (χ0) is 23.0. The minimum Gasteiger partial charge on any atom is -0.494 e. The summed E-state index contributed by atoms with van der Waals surface area (Å²) in [6, 6.07) is 10.4. The van der Waals surface area contributed by atoms with Crippen molar-refractivity contribution in [2.75, 3.05) is 45.7 Å². The Morgan fingerprint density at radius 3 is 2.31 bits per heavy atom. The number of ether oxygens (including phenoxy) is 1. The third kappa shape index (κ3) is 3.85. The lowest BCUT2D eigenvalue weighted by Gasteiger charge is -2.24. The van der Waals surface area contributed by atoms with Crippen molar-refractivity contribution in [3.8, 4) is 5.75 Å². The monoisotopic (exact) mass is 452 g/mol. The average molecular weight is 453 g/mol. The van der Waals surface area contributed by atoms with Gasteiger partial charge in [-0.25, -0.2) is 4.98 Å². The van der Waals surface area contributed by atoms with E-state index in [0.29, 0.717) is 40.6 Å². The summed E-state index contributed by atoms with van der Waals surface area (Å²) in [7, 11) is 5.41. The fourth-order valence-electron chi connectivity index (χ4n) is 3.61. The molecule has 166 valence electrons. The molecule has 2 heterocycles. The van der Waals surface area contributed by atoms with Gasteiger partial charge < -0.3 is 9.64 Å². The average Bonchev–Trinajstić information content (AvgIpc) is 3.31. The number of methoxy groups -OCH3 is 1. The summed E-state index contributed by atoms with van der Waals surface area (Å²) in [6.07, 6.45) is 0. The maximum atomic E-state index is 13.4. The number of likely N-dealkylation sites (N-methyl/N-ethyl adjacent to an activating group) is 1. The summed E-state index contributed by atoms with van der Waals surface area (Å²) in [5, 5.41) is 0.510. The van der Waals surface area contributed by atoms with E-state index in [1.54, 1.807) is 36.3 Å². The third-order valence-corrected chi connectivity index (χ3v) is 6.60. The van der Waals surface area contributed by atoms with Gasteiger partial charge in [0.1, 0.15) is 17.8 Å². The van der Waals surface area contributed by atoms with Crippen LogP contribution in [0.2, 0.25) is 0 Å². The lowest BCUT2D eigenvalue weighted by atomic mass is 10.1. The lowest BCUT2D eigenvalue weighted by Crippen LogP contribution is -2.45. The van der Waals surface area contributed by atoms with Gasteiger partial charge in [0.25, 0.3) is 11.8 Å². The Morgan fingerprint density at radius 2 is 1.72 bits per heavy atom. The van der Waals surface area contributed by atoms with Crippen LogP contribution < -0.4 is 9.64 Å². The van der Waals surface area contributed by atoms with Crippen molar-refractivity contribution in [1.29, 1.82) is 0 Å². The number of aromatic nitrogens is 1. The number of imide groups is 1. The number of amides is 3. The number of carbonyl (C=O) groups is 3. The van der Waals surface area contributed by atoms with Crippen LogP contribution in [-0.4, -0.2) is 73.3 Å². The molecule has 0 spiro atoms. The fourth-order valence-corrected chi connectivity index (χ4v) is 4.70. The van der Waals surface area contributed by atoms with Crippen molar-refractivity contribution in [3.05, 3.63) is 53.1 Å². The van der Waals surface area contributed by atoms with Crippen LogP contribution in [0.1, 0.15) is 26.3 Å². The predicted molar refractivity (Wildman–Crippen MR) is 124 cm³/mol. The maximum Gasteiger partial charge on any atom is 0.262 e. The third-order valence-electron chi connectivity index (χ3n) is 5.39. The van der Waals surface area contributed by atoms with E-state index >= 15 is 0 Å². The van der Waals surface area contributed by atoms with E-state index in [-0.39, 0.29) is 12.5 Å². The van der Waals surface area contributed by atoms with Gasteiger partial charge in [-0.1, -0.05) is 29.5 Å². The molecular formula is C23H24N4O4S. The molecule has 0 aliphatic carbocycles. The van der Waals surface area contributed by atoms with Crippen LogP contribution in [0, 0.1) is 6.92 Å². The summed E-state index contributed by atoms with van der Waals surface area (Å²) in [6.45, 7) is 2.61. The Hall–Kier alpha value is -3.30. The lowest BCUT2D eigenvalue weighted by molar-refractivity contribution is -0.119. The van der Waals surface area contributed by atoms with Gasteiger partial charge >= 0.3 is 0 Å². The highest BCUT2D eigenvalue weighted by atomic mass is 32.1. The Kier molecular flexibility index (Phi) is 5.94. The smallest absolute Gasteiger partial charge is 0.262 e. The van der Waals surface area contributed by atoms with Crippen molar-refractivity contribution < 1.29 is 19.1 Å². The number of rotatable bonds is 7. The molecule has 8 nitrogen and oxygen atoms in total. The zero-order valence-electron chi connectivity index (χ0n) is 18.4. The largest absolute Gasteiger partial charge is 0.494 e. The van der Waals surface area contributed by atoms with Gasteiger partial charge in [-0.15, -0.1) is 0 Å². The second-order valence-electron chi connectivity index (χ2n) is 7.85. The Balaban J connectivity index is 1.66. The van der Waals surface area contributed by atoms with E-state index in [0.717, 1.165) is 15.2 Å². The van der Waals surface area contributed by atoms with E-state index in [2.05, 4.69) is 4.98 Å². The number of fused-ring (bicyclic) bond motifs is 2. The molecule has 0 bridgehead atoms. The fraction of sp³-hybridized carbons (Fsp3) is 0.304. The van der Waals surface area contributed by atoms with Crippen molar-refractivity contribution >= 4 is 44.4 Å². The van der Waals surface area contributed by atoms with Crippen LogP contribution in [0.5, 0.6) is 5.75 Å². The van der Waals surface area contributed by atoms with E-state index < -0.39 is 11.8 Å². The highest BCUT2D eigenvalue weighted by molar-refractivity contribution is 7.22. The van der Waals surface area contributed by atoms with Crippen LogP contribution in [0.15, 0.2) is 36.4 Å². The van der Waals surface area contributed by atoms with Crippen LogP contribution in [0.3, 0.4) is 0 Å². The molecule has 3 aromatic rings. The molecule has 9 heteroatoms.